The molecule has 0 bridgehead atoms. The van der Waals surface area contributed by atoms with E-state index in [0.717, 1.165) is 25.4 Å². The molecule has 2 heterocycles. The van der Waals surface area contributed by atoms with Crippen molar-refractivity contribution >= 4 is 5.78 Å². The highest BCUT2D eigenvalue weighted by molar-refractivity contribution is 5.28. The number of benzene rings is 1. The number of ether oxygens (including phenoxy) is 1. The smallest absolute Gasteiger partial charge is 0.233 e. The molecule has 23 heavy (non-hydrogen) atoms. The number of rotatable bonds is 7. The Kier molecular flexibility index (Phi) is 5.00. The Balaban J connectivity index is 1.73. The summed E-state index contributed by atoms with van der Waals surface area (Å²) < 4.78 is 7.21. The van der Waals surface area contributed by atoms with Crippen LogP contribution in [0.1, 0.15) is 16.7 Å². The van der Waals surface area contributed by atoms with Gasteiger partial charge in [0.15, 0.2) is 0 Å². The minimum atomic E-state index is 0.715. The number of nitrogens with zero attached hydrogens (tertiary/aromatic N) is 4. The molecule has 0 amide bonds. The molecule has 3 aromatic rings. The van der Waals surface area contributed by atoms with E-state index in [4.69, 9.17) is 4.74 Å². The van der Waals surface area contributed by atoms with Crippen LogP contribution in [-0.4, -0.2) is 39.5 Å². The molecule has 0 radical (unpaired) electrons. The van der Waals surface area contributed by atoms with Gasteiger partial charge in [0.05, 0.1) is 6.61 Å². The van der Waals surface area contributed by atoms with Crippen molar-refractivity contribution in [3.63, 3.8) is 0 Å². The standard InChI is InChI=1S/C18H22N4O/c1-15-3-5-16(6-4-15)12-21(9-10-23-2)13-17-11-20-18-19-7-8-22(18)14-17/h3-8,11,14H,9-10,12-13H2,1-2H3. The fourth-order valence-corrected chi connectivity index (χ4v) is 2.58. The summed E-state index contributed by atoms with van der Waals surface area (Å²) in [5.74, 6) is 0.732. The van der Waals surface area contributed by atoms with Gasteiger partial charge in [-0.25, -0.2) is 9.97 Å². The van der Waals surface area contributed by atoms with Crippen LogP contribution in [0.2, 0.25) is 0 Å². The van der Waals surface area contributed by atoms with Crippen LogP contribution in [0.3, 0.4) is 0 Å². The minimum absolute atomic E-state index is 0.715. The van der Waals surface area contributed by atoms with Gasteiger partial charge in [0.1, 0.15) is 0 Å². The van der Waals surface area contributed by atoms with Crippen LogP contribution >= 0.6 is 0 Å². The predicted octanol–water partition coefficient (Wildman–Crippen LogP) is 2.69. The van der Waals surface area contributed by atoms with E-state index in [1.807, 2.05) is 16.8 Å². The van der Waals surface area contributed by atoms with Crippen molar-refractivity contribution in [1.82, 2.24) is 19.3 Å². The van der Waals surface area contributed by atoms with Crippen LogP contribution < -0.4 is 0 Å². The monoisotopic (exact) mass is 310 g/mol. The minimum Gasteiger partial charge on any atom is -0.383 e. The zero-order valence-corrected chi connectivity index (χ0v) is 13.6. The first-order valence-electron chi connectivity index (χ1n) is 7.79. The van der Waals surface area contributed by atoms with Crippen molar-refractivity contribution in [1.29, 1.82) is 0 Å². The van der Waals surface area contributed by atoms with Crippen molar-refractivity contribution in [2.45, 2.75) is 20.0 Å². The summed E-state index contributed by atoms with van der Waals surface area (Å²) in [6.07, 6.45) is 7.67. The van der Waals surface area contributed by atoms with Gasteiger partial charge in [-0.3, -0.25) is 9.30 Å². The zero-order chi connectivity index (χ0) is 16.1. The molecule has 0 fully saturated rings. The highest BCUT2D eigenvalue weighted by Crippen LogP contribution is 2.11. The maximum absolute atomic E-state index is 5.25. The lowest BCUT2D eigenvalue weighted by Crippen LogP contribution is -2.26. The maximum Gasteiger partial charge on any atom is 0.233 e. The summed E-state index contributed by atoms with van der Waals surface area (Å²) in [6.45, 7) is 5.43. The first kappa shape index (κ1) is 15.6. The molecular formula is C18H22N4O. The highest BCUT2D eigenvalue weighted by atomic mass is 16.5. The van der Waals surface area contributed by atoms with E-state index in [1.54, 1.807) is 13.3 Å². The van der Waals surface area contributed by atoms with Crippen molar-refractivity contribution < 1.29 is 4.74 Å². The summed E-state index contributed by atoms with van der Waals surface area (Å²) >= 11 is 0. The Morgan fingerprint density at radius 3 is 2.65 bits per heavy atom. The van der Waals surface area contributed by atoms with E-state index >= 15 is 0 Å². The Bertz CT molecular complexity index is 751. The van der Waals surface area contributed by atoms with E-state index in [1.165, 1.54) is 16.7 Å². The lowest BCUT2D eigenvalue weighted by atomic mass is 10.1. The molecule has 1 aromatic carbocycles. The summed E-state index contributed by atoms with van der Waals surface area (Å²) in [5, 5.41) is 0. The lowest BCUT2D eigenvalue weighted by Gasteiger charge is -2.22. The van der Waals surface area contributed by atoms with Crippen LogP contribution in [-0.2, 0) is 17.8 Å². The summed E-state index contributed by atoms with van der Waals surface area (Å²) in [5.41, 5.74) is 3.76. The molecule has 0 N–H and O–H groups in total. The van der Waals surface area contributed by atoms with Gasteiger partial charge in [0.2, 0.25) is 5.78 Å². The Hall–Kier alpha value is -2.24. The molecule has 120 valence electrons. The Morgan fingerprint density at radius 1 is 1.09 bits per heavy atom. The summed E-state index contributed by atoms with van der Waals surface area (Å²) in [7, 11) is 1.74. The largest absolute Gasteiger partial charge is 0.383 e. The second kappa shape index (κ2) is 7.35. The number of hydrogen-bond acceptors (Lipinski definition) is 4. The van der Waals surface area contributed by atoms with Crippen molar-refractivity contribution in [2.24, 2.45) is 0 Å². The quantitative estimate of drug-likeness (QED) is 0.673. The van der Waals surface area contributed by atoms with E-state index < -0.39 is 0 Å². The average Bonchev–Trinajstić information content (AvgIpc) is 3.02. The van der Waals surface area contributed by atoms with Gasteiger partial charge in [-0.05, 0) is 12.5 Å². The van der Waals surface area contributed by atoms with Crippen molar-refractivity contribution in [2.75, 3.05) is 20.3 Å². The second-order valence-corrected chi connectivity index (χ2v) is 5.79. The third kappa shape index (κ3) is 4.15. The second-order valence-electron chi connectivity index (χ2n) is 5.79. The van der Waals surface area contributed by atoms with E-state index in [0.29, 0.717) is 6.61 Å². The third-order valence-corrected chi connectivity index (χ3v) is 3.84. The number of hydrogen-bond donors (Lipinski definition) is 0. The van der Waals surface area contributed by atoms with E-state index in [-0.39, 0.29) is 0 Å². The number of fused-ring (bicyclic) bond motifs is 1. The van der Waals surface area contributed by atoms with Gasteiger partial charge >= 0.3 is 0 Å². The van der Waals surface area contributed by atoms with Gasteiger partial charge < -0.3 is 4.74 Å². The fraction of sp³-hybridized carbons (Fsp3) is 0.333. The summed E-state index contributed by atoms with van der Waals surface area (Å²) in [4.78, 5) is 10.9. The molecule has 5 heteroatoms. The van der Waals surface area contributed by atoms with Crippen molar-refractivity contribution in [3.8, 4) is 0 Å². The van der Waals surface area contributed by atoms with Crippen LogP contribution in [0.15, 0.2) is 49.1 Å². The molecule has 2 aromatic heterocycles. The fourth-order valence-electron chi connectivity index (χ4n) is 2.58. The molecule has 0 saturated heterocycles. The van der Waals surface area contributed by atoms with Gasteiger partial charge in [0.25, 0.3) is 0 Å². The highest BCUT2D eigenvalue weighted by Gasteiger charge is 2.08. The van der Waals surface area contributed by atoms with E-state index in [2.05, 4.69) is 52.3 Å². The number of methoxy groups -OCH3 is 1. The number of imidazole rings is 1. The third-order valence-electron chi connectivity index (χ3n) is 3.84. The van der Waals surface area contributed by atoms with Crippen LogP contribution in [0.4, 0.5) is 0 Å². The predicted molar refractivity (Wildman–Crippen MR) is 90.2 cm³/mol. The van der Waals surface area contributed by atoms with Gasteiger partial charge in [0, 0.05) is 57.1 Å². The maximum atomic E-state index is 5.25. The van der Waals surface area contributed by atoms with Gasteiger partial charge in [-0.15, -0.1) is 0 Å². The number of aryl methyl sites for hydroxylation is 1. The molecule has 0 spiro atoms. The molecule has 0 unspecified atom stereocenters. The number of aromatic nitrogens is 3. The van der Waals surface area contributed by atoms with Crippen LogP contribution in [0, 0.1) is 6.92 Å². The zero-order valence-electron chi connectivity index (χ0n) is 13.6. The van der Waals surface area contributed by atoms with E-state index in [9.17, 15) is 0 Å². The molecule has 0 saturated carbocycles. The normalized spacial score (nSPS) is 11.4. The van der Waals surface area contributed by atoms with Crippen molar-refractivity contribution in [3.05, 3.63) is 65.7 Å². The average molecular weight is 310 g/mol. The molecule has 0 aliphatic carbocycles. The molecule has 5 nitrogen and oxygen atoms in total. The molecular weight excluding hydrogens is 288 g/mol. The molecule has 0 atom stereocenters. The topological polar surface area (TPSA) is 42.7 Å². The summed E-state index contributed by atoms with van der Waals surface area (Å²) in [6, 6.07) is 8.69. The molecule has 0 aliphatic heterocycles. The molecule has 3 rings (SSSR count). The first-order valence-corrected chi connectivity index (χ1v) is 7.79. The van der Waals surface area contributed by atoms with Crippen LogP contribution in [0.5, 0.6) is 0 Å². The first-order chi connectivity index (χ1) is 11.2. The van der Waals surface area contributed by atoms with Gasteiger partial charge in [-0.1, -0.05) is 29.8 Å². The Morgan fingerprint density at radius 2 is 1.87 bits per heavy atom. The molecule has 0 aliphatic rings. The lowest BCUT2D eigenvalue weighted by molar-refractivity contribution is 0.140. The Labute approximate surface area is 136 Å². The SMILES string of the molecule is COCCN(Cc1ccc(C)cc1)Cc1cnc2nccn2c1. The van der Waals surface area contributed by atoms with Crippen LogP contribution in [0.25, 0.3) is 5.78 Å². The van der Waals surface area contributed by atoms with Gasteiger partial charge in [-0.2, -0.15) is 0 Å².